The number of aliphatic hydroxyl groups is 1. The fourth-order valence-electron chi connectivity index (χ4n) is 3.91. The Morgan fingerprint density at radius 1 is 1.09 bits per heavy atom. The lowest BCUT2D eigenvalue weighted by Gasteiger charge is -2.15. The summed E-state index contributed by atoms with van der Waals surface area (Å²) < 4.78 is 3.30. The second-order valence-electron chi connectivity index (χ2n) is 8.38. The third kappa shape index (κ3) is 4.32. The van der Waals surface area contributed by atoms with Gasteiger partial charge >= 0.3 is 0 Å². The first-order valence-corrected chi connectivity index (χ1v) is 11.2. The fourth-order valence-corrected chi connectivity index (χ4v) is 3.91. The molecule has 1 aromatic carbocycles. The lowest BCUT2D eigenvalue weighted by Crippen LogP contribution is -2.15. The topological polar surface area (TPSA) is 130 Å². The van der Waals surface area contributed by atoms with E-state index in [2.05, 4.69) is 36.8 Å². The van der Waals surface area contributed by atoms with Gasteiger partial charge in [-0.25, -0.2) is 14.6 Å². The highest BCUT2D eigenvalue weighted by Gasteiger charge is 2.19. The highest BCUT2D eigenvalue weighted by molar-refractivity contribution is 5.79. The monoisotopic (exact) mass is 465 g/mol. The average Bonchev–Trinajstić information content (AvgIpc) is 3.52. The maximum absolute atomic E-state index is 10.0. The number of rotatable bonds is 7. The number of hydrogen-bond acceptors (Lipinski definition) is 8. The highest BCUT2D eigenvalue weighted by atomic mass is 16.3. The summed E-state index contributed by atoms with van der Waals surface area (Å²) in [6, 6.07) is 15.2. The quantitative estimate of drug-likeness (QED) is 0.374. The molecule has 0 unspecified atom stereocenters. The molecule has 0 fully saturated rings. The maximum atomic E-state index is 10.0. The Morgan fingerprint density at radius 2 is 1.91 bits per heavy atom. The van der Waals surface area contributed by atoms with Crippen LogP contribution in [-0.2, 0) is 0 Å². The molecule has 5 aromatic rings. The second-order valence-corrected chi connectivity index (χ2v) is 8.38. The Morgan fingerprint density at radius 3 is 2.66 bits per heavy atom. The minimum Gasteiger partial charge on any atom is -0.394 e. The van der Waals surface area contributed by atoms with Gasteiger partial charge in [-0.2, -0.15) is 15.0 Å². The van der Waals surface area contributed by atoms with Gasteiger partial charge in [0.1, 0.15) is 17.8 Å². The van der Waals surface area contributed by atoms with Gasteiger partial charge in [-0.05, 0) is 25.5 Å². The minimum atomic E-state index is -0.342. The molecule has 0 amide bonds. The molecule has 5 rings (SSSR count). The molecule has 0 radical (unpaired) electrons. The van der Waals surface area contributed by atoms with Crippen LogP contribution in [0.25, 0.3) is 28.1 Å². The summed E-state index contributed by atoms with van der Waals surface area (Å²) in [5, 5.41) is 36.4. The van der Waals surface area contributed by atoms with Crippen LogP contribution in [0.15, 0.2) is 67.3 Å². The molecule has 0 saturated carbocycles. The first-order chi connectivity index (χ1) is 17.1. The number of nitrogens with zero attached hydrogens (tertiary/aromatic N) is 8. The molecule has 35 heavy (non-hydrogen) atoms. The van der Waals surface area contributed by atoms with Gasteiger partial charge in [-0.15, -0.1) is 5.10 Å². The third-order valence-corrected chi connectivity index (χ3v) is 5.55. The first kappa shape index (κ1) is 22.2. The summed E-state index contributed by atoms with van der Waals surface area (Å²) >= 11 is 0. The molecule has 0 spiro atoms. The molecule has 0 aliphatic carbocycles. The van der Waals surface area contributed by atoms with E-state index in [0.717, 1.165) is 22.2 Å². The smallest absolute Gasteiger partial charge is 0.164 e. The van der Waals surface area contributed by atoms with Crippen molar-refractivity contribution < 1.29 is 5.11 Å². The molecule has 10 heteroatoms. The molecule has 10 nitrogen and oxygen atoms in total. The number of aromatic nitrogens is 7. The van der Waals surface area contributed by atoms with Crippen LogP contribution in [0, 0.1) is 11.3 Å². The molecule has 174 valence electrons. The fraction of sp³-hybridized carbons (Fsp3) is 0.200. The van der Waals surface area contributed by atoms with Gasteiger partial charge < -0.3 is 10.4 Å². The molecule has 0 aliphatic rings. The Kier molecular flexibility index (Phi) is 5.91. The van der Waals surface area contributed by atoms with Crippen LogP contribution < -0.4 is 5.32 Å². The van der Waals surface area contributed by atoms with Crippen LogP contribution in [0.4, 0.5) is 5.69 Å². The molecule has 4 heterocycles. The standard InChI is InChI=1S/C25H23N9O/c1-16(2)30-21-9-24(34-25-19(12-29-34)8-17(10-26)11-28-25)27-13-20(21)22-14-33(32-31-22)23(15-35)18-6-4-3-5-7-18/h3-9,11-14,16,23,35H,15H2,1-2H3,(H,27,30)/t23-/m0/s1. The van der Waals surface area contributed by atoms with Gasteiger partial charge in [0.2, 0.25) is 0 Å². The van der Waals surface area contributed by atoms with Crippen LogP contribution in [0.2, 0.25) is 0 Å². The number of anilines is 1. The minimum absolute atomic E-state index is 0.103. The number of pyridine rings is 2. The maximum Gasteiger partial charge on any atom is 0.164 e. The van der Waals surface area contributed by atoms with E-state index < -0.39 is 0 Å². The Bertz CT molecular complexity index is 1520. The predicted octanol–water partition coefficient (Wildman–Crippen LogP) is 3.35. The lowest BCUT2D eigenvalue weighted by atomic mass is 10.1. The van der Waals surface area contributed by atoms with E-state index in [1.54, 1.807) is 27.8 Å². The zero-order valence-corrected chi connectivity index (χ0v) is 19.2. The van der Waals surface area contributed by atoms with Crippen LogP contribution in [-0.4, -0.2) is 52.5 Å². The number of nitriles is 1. The Balaban J connectivity index is 1.54. The molecule has 0 saturated heterocycles. The summed E-state index contributed by atoms with van der Waals surface area (Å²) in [6.45, 7) is 3.99. The van der Waals surface area contributed by atoms with Crippen molar-refractivity contribution >= 4 is 16.7 Å². The largest absolute Gasteiger partial charge is 0.394 e. The number of aliphatic hydroxyl groups excluding tert-OH is 1. The van der Waals surface area contributed by atoms with Crippen molar-refractivity contribution in [3.8, 4) is 23.1 Å². The van der Waals surface area contributed by atoms with Crippen molar-refractivity contribution in [1.82, 2.24) is 34.7 Å². The van der Waals surface area contributed by atoms with Crippen LogP contribution >= 0.6 is 0 Å². The van der Waals surface area contributed by atoms with Gasteiger partial charge in [0.15, 0.2) is 11.5 Å². The summed E-state index contributed by atoms with van der Waals surface area (Å²) in [5.41, 5.74) is 4.24. The Hall–Kier alpha value is -4.62. The summed E-state index contributed by atoms with van der Waals surface area (Å²) in [4.78, 5) is 9.01. The third-order valence-electron chi connectivity index (χ3n) is 5.55. The Labute approximate surface area is 201 Å². The molecular weight excluding hydrogens is 442 g/mol. The normalized spacial score (nSPS) is 12.1. The number of fused-ring (bicyclic) bond motifs is 1. The second kappa shape index (κ2) is 9.32. The van der Waals surface area contributed by atoms with Gasteiger partial charge in [0, 0.05) is 41.1 Å². The molecular formula is C25H23N9O. The van der Waals surface area contributed by atoms with E-state index >= 15 is 0 Å². The average molecular weight is 466 g/mol. The molecule has 0 aliphatic heterocycles. The van der Waals surface area contributed by atoms with Gasteiger partial charge in [-0.3, -0.25) is 0 Å². The van der Waals surface area contributed by atoms with E-state index in [-0.39, 0.29) is 18.7 Å². The van der Waals surface area contributed by atoms with Crippen molar-refractivity contribution in [1.29, 1.82) is 5.26 Å². The zero-order valence-electron chi connectivity index (χ0n) is 19.2. The van der Waals surface area contributed by atoms with Crippen molar-refractivity contribution in [3.63, 3.8) is 0 Å². The van der Waals surface area contributed by atoms with Crippen molar-refractivity contribution in [2.75, 3.05) is 11.9 Å². The molecule has 1 atom stereocenters. The van der Waals surface area contributed by atoms with E-state index in [9.17, 15) is 5.11 Å². The van der Waals surface area contributed by atoms with Gasteiger partial charge in [0.05, 0.1) is 24.6 Å². The van der Waals surface area contributed by atoms with E-state index in [1.807, 2.05) is 56.4 Å². The van der Waals surface area contributed by atoms with Crippen molar-refractivity contribution in [3.05, 3.63) is 78.4 Å². The van der Waals surface area contributed by atoms with Crippen molar-refractivity contribution in [2.45, 2.75) is 25.9 Å². The number of hydrogen-bond donors (Lipinski definition) is 2. The van der Waals surface area contributed by atoms with Gasteiger partial charge in [-0.1, -0.05) is 35.5 Å². The lowest BCUT2D eigenvalue weighted by molar-refractivity contribution is 0.239. The van der Waals surface area contributed by atoms with Gasteiger partial charge in [0.25, 0.3) is 0 Å². The highest BCUT2D eigenvalue weighted by Crippen LogP contribution is 2.30. The van der Waals surface area contributed by atoms with E-state index in [1.165, 1.54) is 6.20 Å². The van der Waals surface area contributed by atoms with Crippen molar-refractivity contribution in [2.24, 2.45) is 0 Å². The summed E-state index contributed by atoms with van der Waals surface area (Å²) in [6.07, 6.45) is 6.72. The summed E-state index contributed by atoms with van der Waals surface area (Å²) in [7, 11) is 0. The zero-order chi connectivity index (χ0) is 24.4. The SMILES string of the molecule is CC(C)Nc1cc(-n2ncc3cc(C#N)cnc32)ncc1-c1cn([C@@H](CO)c2ccccc2)nn1. The number of nitrogens with one attached hydrogen (secondary N) is 1. The van der Waals surface area contributed by atoms with E-state index in [4.69, 9.17) is 5.26 Å². The van der Waals surface area contributed by atoms with Crippen LogP contribution in [0.1, 0.15) is 31.0 Å². The molecule has 4 aromatic heterocycles. The molecule has 2 N–H and O–H groups in total. The summed E-state index contributed by atoms with van der Waals surface area (Å²) in [5.74, 6) is 0.578. The van der Waals surface area contributed by atoms with Crippen LogP contribution in [0.3, 0.4) is 0 Å². The first-order valence-electron chi connectivity index (χ1n) is 11.2. The van der Waals surface area contributed by atoms with E-state index in [0.29, 0.717) is 22.7 Å². The van der Waals surface area contributed by atoms with Crippen LogP contribution in [0.5, 0.6) is 0 Å². The predicted molar refractivity (Wildman–Crippen MR) is 131 cm³/mol. The number of benzene rings is 1. The molecule has 0 bridgehead atoms.